The summed E-state index contributed by atoms with van der Waals surface area (Å²) in [6.07, 6.45) is 1.22. The predicted octanol–water partition coefficient (Wildman–Crippen LogP) is 2.57. The van der Waals surface area contributed by atoms with Crippen molar-refractivity contribution in [2.75, 3.05) is 24.5 Å². The van der Waals surface area contributed by atoms with Crippen LogP contribution in [-0.4, -0.2) is 19.6 Å². The van der Waals surface area contributed by atoms with E-state index in [9.17, 15) is 0 Å². The number of nitrogens with one attached hydrogen (secondary N) is 1. The fourth-order valence-corrected chi connectivity index (χ4v) is 2.42. The average molecular weight is 204 g/mol. The molecule has 0 saturated heterocycles. The SMILES string of the molecule is CCN[C@@H]1CCN(CC)c2ccccc21. The number of anilines is 1. The second kappa shape index (κ2) is 4.67. The summed E-state index contributed by atoms with van der Waals surface area (Å²) in [5, 5.41) is 3.56. The van der Waals surface area contributed by atoms with Crippen molar-refractivity contribution < 1.29 is 0 Å². The molecule has 1 aliphatic rings. The van der Waals surface area contributed by atoms with E-state index >= 15 is 0 Å². The van der Waals surface area contributed by atoms with Crippen molar-refractivity contribution in [1.82, 2.24) is 5.32 Å². The van der Waals surface area contributed by atoms with E-state index in [1.165, 1.54) is 24.2 Å². The van der Waals surface area contributed by atoms with Gasteiger partial charge in [-0.15, -0.1) is 0 Å². The zero-order chi connectivity index (χ0) is 10.7. The summed E-state index contributed by atoms with van der Waals surface area (Å²) >= 11 is 0. The first-order chi connectivity index (χ1) is 7.36. The third kappa shape index (κ3) is 2.00. The summed E-state index contributed by atoms with van der Waals surface area (Å²) in [4.78, 5) is 2.46. The first-order valence-corrected chi connectivity index (χ1v) is 5.94. The molecule has 1 atom stereocenters. The van der Waals surface area contributed by atoms with Gasteiger partial charge in [0, 0.05) is 24.8 Å². The smallest absolute Gasteiger partial charge is 0.0414 e. The van der Waals surface area contributed by atoms with E-state index in [1.54, 1.807) is 0 Å². The van der Waals surface area contributed by atoms with Crippen LogP contribution >= 0.6 is 0 Å². The Morgan fingerprint density at radius 2 is 2.13 bits per heavy atom. The molecule has 2 heteroatoms. The lowest BCUT2D eigenvalue weighted by Gasteiger charge is -2.35. The molecule has 0 unspecified atom stereocenters. The fourth-order valence-electron chi connectivity index (χ4n) is 2.42. The summed E-state index contributed by atoms with van der Waals surface area (Å²) in [6.45, 7) is 7.73. The number of rotatable bonds is 3. The van der Waals surface area contributed by atoms with Crippen molar-refractivity contribution >= 4 is 5.69 Å². The molecular formula is C13H20N2. The van der Waals surface area contributed by atoms with Crippen LogP contribution in [0.15, 0.2) is 24.3 Å². The highest BCUT2D eigenvalue weighted by atomic mass is 15.1. The number of hydrogen-bond donors (Lipinski definition) is 1. The van der Waals surface area contributed by atoms with Gasteiger partial charge in [-0.05, 0) is 31.5 Å². The highest BCUT2D eigenvalue weighted by molar-refractivity contribution is 5.56. The number of nitrogens with zero attached hydrogens (tertiary/aromatic N) is 1. The van der Waals surface area contributed by atoms with Crippen LogP contribution in [0.5, 0.6) is 0 Å². The van der Waals surface area contributed by atoms with Crippen molar-refractivity contribution in [2.45, 2.75) is 26.3 Å². The minimum absolute atomic E-state index is 0.550. The Morgan fingerprint density at radius 3 is 2.87 bits per heavy atom. The third-order valence-electron chi connectivity index (χ3n) is 3.17. The number of hydrogen-bond acceptors (Lipinski definition) is 2. The van der Waals surface area contributed by atoms with Crippen molar-refractivity contribution in [3.8, 4) is 0 Å². The maximum absolute atomic E-state index is 3.56. The molecule has 0 bridgehead atoms. The first kappa shape index (κ1) is 10.5. The fraction of sp³-hybridized carbons (Fsp3) is 0.538. The molecule has 1 aliphatic heterocycles. The van der Waals surface area contributed by atoms with Gasteiger partial charge >= 0.3 is 0 Å². The molecule has 0 spiro atoms. The largest absolute Gasteiger partial charge is 0.371 e. The van der Waals surface area contributed by atoms with Crippen LogP contribution in [0, 0.1) is 0 Å². The Labute approximate surface area is 92.3 Å². The summed E-state index contributed by atoms with van der Waals surface area (Å²) in [6, 6.07) is 9.32. The van der Waals surface area contributed by atoms with Gasteiger partial charge in [-0.25, -0.2) is 0 Å². The highest BCUT2D eigenvalue weighted by Gasteiger charge is 2.22. The normalized spacial score (nSPS) is 20.1. The quantitative estimate of drug-likeness (QED) is 0.814. The minimum atomic E-state index is 0.550. The van der Waals surface area contributed by atoms with Crippen LogP contribution in [0.2, 0.25) is 0 Å². The van der Waals surface area contributed by atoms with Gasteiger partial charge in [0.1, 0.15) is 0 Å². The zero-order valence-electron chi connectivity index (χ0n) is 9.66. The molecular weight excluding hydrogens is 184 g/mol. The molecule has 1 aromatic rings. The van der Waals surface area contributed by atoms with E-state index in [0.717, 1.165) is 13.1 Å². The lowest BCUT2D eigenvalue weighted by Crippen LogP contribution is -2.35. The highest BCUT2D eigenvalue weighted by Crippen LogP contribution is 2.33. The average Bonchev–Trinajstić information content (AvgIpc) is 2.30. The van der Waals surface area contributed by atoms with Crippen LogP contribution in [0.25, 0.3) is 0 Å². The minimum Gasteiger partial charge on any atom is -0.371 e. The molecule has 1 aromatic carbocycles. The maximum atomic E-state index is 3.56. The van der Waals surface area contributed by atoms with Crippen molar-refractivity contribution in [3.63, 3.8) is 0 Å². The van der Waals surface area contributed by atoms with Gasteiger partial charge in [0.05, 0.1) is 0 Å². The third-order valence-corrected chi connectivity index (χ3v) is 3.17. The molecule has 15 heavy (non-hydrogen) atoms. The number of fused-ring (bicyclic) bond motifs is 1. The van der Waals surface area contributed by atoms with Gasteiger partial charge in [0.25, 0.3) is 0 Å². The van der Waals surface area contributed by atoms with E-state index < -0.39 is 0 Å². The van der Waals surface area contributed by atoms with E-state index in [1.807, 2.05) is 0 Å². The van der Waals surface area contributed by atoms with Gasteiger partial charge < -0.3 is 10.2 Å². The molecule has 2 rings (SSSR count). The Hall–Kier alpha value is -1.02. The zero-order valence-corrected chi connectivity index (χ0v) is 9.66. The Bertz CT molecular complexity index is 322. The van der Waals surface area contributed by atoms with Crippen LogP contribution in [0.3, 0.4) is 0 Å². The topological polar surface area (TPSA) is 15.3 Å². The molecule has 0 amide bonds. The van der Waals surface area contributed by atoms with Gasteiger partial charge in [0.15, 0.2) is 0 Å². The molecule has 0 saturated carbocycles. The standard InChI is InChI=1S/C13H20N2/c1-3-14-12-9-10-15(4-2)13-8-6-5-7-11(12)13/h5-8,12,14H,3-4,9-10H2,1-2H3/t12-/m1/s1. The van der Waals surface area contributed by atoms with Crippen molar-refractivity contribution in [1.29, 1.82) is 0 Å². The van der Waals surface area contributed by atoms with Crippen LogP contribution in [-0.2, 0) is 0 Å². The summed E-state index contributed by atoms with van der Waals surface area (Å²) in [7, 11) is 0. The van der Waals surface area contributed by atoms with E-state index in [2.05, 4.69) is 48.3 Å². The lowest BCUT2D eigenvalue weighted by atomic mass is 9.96. The molecule has 1 heterocycles. The molecule has 2 nitrogen and oxygen atoms in total. The molecule has 0 aromatic heterocycles. The Balaban J connectivity index is 2.30. The van der Waals surface area contributed by atoms with Gasteiger partial charge in [-0.1, -0.05) is 25.1 Å². The second-order valence-electron chi connectivity index (χ2n) is 4.04. The summed E-state index contributed by atoms with van der Waals surface area (Å²) in [5.74, 6) is 0. The summed E-state index contributed by atoms with van der Waals surface area (Å²) < 4.78 is 0. The monoisotopic (exact) mass is 204 g/mol. The number of benzene rings is 1. The molecule has 0 fully saturated rings. The van der Waals surface area contributed by atoms with E-state index in [4.69, 9.17) is 0 Å². The van der Waals surface area contributed by atoms with Gasteiger partial charge in [0.2, 0.25) is 0 Å². The van der Waals surface area contributed by atoms with Crippen LogP contribution < -0.4 is 10.2 Å². The van der Waals surface area contributed by atoms with E-state index in [0.29, 0.717) is 6.04 Å². The number of para-hydroxylation sites is 1. The molecule has 0 aliphatic carbocycles. The predicted molar refractivity (Wildman–Crippen MR) is 65.4 cm³/mol. The molecule has 0 radical (unpaired) electrons. The van der Waals surface area contributed by atoms with Crippen molar-refractivity contribution in [2.24, 2.45) is 0 Å². The second-order valence-corrected chi connectivity index (χ2v) is 4.04. The van der Waals surface area contributed by atoms with E-state index in [-0.39, 0.29) is 0 Å². The van der Waals surface area contributed by atoms with Crippen LogP contribution in [0.4, 0.5) is 5.69 Å². The maximum Gasteiger partial charge on any atom is 0.0414 e. The lowest BCUT2D eigenvalue weighted by molar-refractivity contribution is 0.493. The molecule has 1 N–H and O–H groups in total. The Kier molecular flexibility index (Phi) is 3.27. The molecule has 82 valence electrons. The van der Waals surface area contributed by atoms with Gasteiger partial charge in [-0.2, -0.15) is 0 Å². The first-order valence-electron chi connectivity index (χ1n) is 5.94. The Morgan fingerprint density at radius 1 is 1.33 bits per heavy atom. The summed E-state index contributed by atoms with van der Waals surface area (Å²) in [5.41, 5.74) is 2.88. The van der Waals surface area contributed by atoms with Crippen LogP contribution in [0.1, 0.15) is 31.9 Å². The van der Waals surface area contributed by atoms with Gasteiger partial charge in [-0.3, -0.25) is 0 Å². The van der Waals surface area contributed by atoms with Crippen molar-refractivity contribution in [3.05, 3.63) is 29.8 Å².